The number of anilines is 2. The molecule has 0 aliphatic heterocycles. The summed E-state index contributed by atoms with van der Waals surface area (Å²) in [4.78, 5) is 16.0. The van der Waals surface area contributed by atoms with E-state index in [1.807, 2.05) is 24.3 Å². The lowest BCUT2D eigenvalue weighted by Gasteiger charge is -2.07. The topological polar surface area (TPSA) is 88.2 Å². The predicted octanol–water partition coefficient (Wildman–Crippen LogP) is 4.36. The van der Waals surface area contributed by atoms with E-state index in [9.17, 15) is 13.2 Å². The van der Waals surface area contributed by atoms with E-state index in [-0.39, 0.29) is 10.8 Å². The van der Waals surface area contributed by atoms with Gasteiger partial charge >= 0.3 is 0 Å². The van der Waals surface area contributed by atoms with E-state index >= 15 is 0 Å². The number of nitrogens with one attached hydrogen (secondary N) is 2. The second-order valence-corrected chi connectivity index (χ2v) is 8.83. The Bertz CT molecular complexity index is 1050. The highest BCUT2D eigenvalue weighted by Crippen LogP contribution is 2.19. The van der Waals surface area contributed by atoms with Gasteiger partial charge in [-0.05, 0) is 48.0 Å². The molecule has 27 heavy (non-hydrogen) atoms. The zero-order valence-corrected chi connectivity index (χ0v) is 17.0. The van der Waals surface area contributed by atoms with E-state index < -0.39 is 10.0 Å². The first kappa shape index (κ1) is 19.3. The molecule has 0 saturated heterocycles. The fourth-order valence-corrected chi connectivity index (χ4v) is 4.15. The summed E-state index contributed by atoms with van der Waals surface area (Å²) < 4.78 is 27.9. The van der Waals surface area contributed by atoms with Gasteiger partial charge < -0.3 is 5.32 Å². The molecule has 3 aromatic rings. The number of benzene rings is 2. The van der Waals surface area contributed by atoms with Crippen molar-refractivity contribution >= 4 is 60.1 Å². The minimum atomic E-state index is -3.71. The Labute approximate surface area is 169 Å². The molecule has 6 nitrogen and oxygen atoms in total. The number of rotatable bonds is 6. The summed E-state index contributed by atoms with van der Waals surface area (Å²) in [5, 5.41) is 4.66. The van der Waals surface area contributed by atoms with Gasteiger partial charge in [0.25, 0.3) is 10.0 Å². The second kappa shape index (κ2) is 8.47. The molecule has 0 bridgehead atoms. The van der Waals surface area contributed by atoms with Crippen LogP contribution in [0, 0.1) is 0 Å². The minimum absolute atomic E-state index is 0.0844. The van der Waals surface area contributed by atoms with Crippen LogP contribution >= 0.6 is 27.3 Å². The van der Waals surface area contributed by atoms with Gasteiger partial charge in [-0.1, -0.05) is 28.1 Å². The molecule has 1 heterocycles. The van der Waals surface area contributed by atoms with E-state index in [2.05, 4.69) is 31.0 Å². The van der Waals surface area contributed by atoms with Crippen LogP contribution < -0.4 is 10.0 Å². The third-order valence-electron chi connectivity index (χ3n) is 3.38. The summed E-state index contributed by atoms with van der Waals surface area (Å²) in [5.74, 6) is -0.311. The molecular weight excluding hydrogens is 450 g/mol. The summed E-state index contributed by atoms with van der Waals surface area (Å²) in [6, 6.07) is 13.4. The maximum atomic E-state index is 12.3. The third kappa shape index (κ3) is 5.49. The van der Waals surface area contributed by atoms with Crippen LogP contribution in [0.3, 0.4) is 0 Å². The molecule has 9 heteroatoms. The number of thiazole rings is 1. The molecular formula is C18H14BrN3O3S2. The van der Waals surface area contributed by atoms with Crippen LogP contribution in [-0.2, 0) is 14.8 Å². The predicted molar refractivity (Wildman–Crippen MR) is 111 cm³/mol. The van der Waals surface area contributed by atoms with Crippen LogP contribution in [0.25, 0.3) is 6.08 Å². The lowest BCUT2D eigenvalue weighted by Crippen LogP contribution is -2.13. The number of carbonyl (C=O) groups excluding carboxylic acids is 1. The van der Waals surface area contributed by atoms with Crippen LogP contribution in [0.1, 0.15) is 5.56 Å². The van der Waals surface area contributed by atoms with Crippen molar-refractivity contribution < 1.29 is 13.2 Å². The highest BCUT2D eigenvalue weighted by atomic mass is 79.9. The van der Waals surface area contributed by atoms with Gasteiger partial charge in [0.1, 0.15) is 0 Å². The van der Waals surface area contributed by atoms with Crippen molar-refractivity contribution in [1.29, 1.82) is 0 Å². The molecule has 0 radical (unpaired) electrons. The Morgan fingerprint density at radius 2 is 1.78 bits per heavy atom. The zero-order valence-electron chi connectivity index (χ0n) is 13.8. The smallest absolute Gasteiger partial charge is 0.263 e. The van der Waals surface area contributed by atoms with Gasteiger partial charge in [0, 0.05) is 27.8 Å². The van der Waals surface area contributed by atoms with Crippen molar-refractivity contribution in [1.82, 2.24) is 4.98 Å². The maximum Gasteiger partial charge on any atom is 0.263 e. The summed E-state index contributed by atoms with van der Waals surface area (Å²) in [6.07, 6.45) is 4.62. The number of aromatic nitrogens is 1. The van der Waals surface area contributed by atoms with E-state index in [4.69, 9.17) is 0 Å². The van der Waals surface area contributed by atoms with Crippen molar-refractivity contribution in [2.75, 3.05) is 10.0 Å². The molecule has 2 aromatic carbocycles. The van der Waals surface area contributed by atoms with Gasteiger partial charge in [-0.2, -0.15) is 0 Å². The van der Waals surface area contributed by atoms with Crippen molar-refractivity contribution in [3.63, 3.8) is 0 Å². The van der Waals surface area contributed by atoms with Crippen molar-refractivity contribution in [2.45, 2.75) is 4.90 Å². The van der Waals surface area contributed by atoms with Crippen molar-refractivity contribution in [3.8, 4) is 0 Å². The number of carbonyl (C=O) groups is 1. The average Bonchev–Trinajstić information content (AvgIpc) is 3.14. The lowest BCUT2D eigenvalue weighted by atomic mass is 10.2. The number of hydrogen-bond donors (Lipinski definition) is 2. The van der Waals surface area contributed by atoms with Crippen LogP contribution in [0.15, 0.2) is 75.6 Å². The molecule has 0 fully saturated rings. The normalized spacial score (nSPS) is 11.4. The molecule has 0 aliphatic carbocycles. The van der Waals surface area contributed by atoms with Gasteiger partial charge in [-0.3, -0.25) is 9.52 Å². The first-order valence-corrected chi connectivity index (χ1v) is 10.8. The molecule has 1 aromatic heterocycles. The molecule has 0 unspecified atom stereocenters. The van der Waals surface area contributed by atoms with Crippen molar-refractivity contribution in [3.05, 3.63) is 76.2 Å². The standard InChI is InChI=1S/C18H14BrN3O3S2/c19-14-4-1-13(2-5-14)3-10-17(23)21-15-6-8-16(9-7-15)27(24,25)22-18-20-11-12-26-18/h1-12H,(H,20,22)(H,21,23). The molecule has 0 aliphatic rings. The average molecular weight is 464 g/mol. The fourth-order valence-electron chi connectivity index (χ4n) is 2.09. The van der Waals surface area contributed by atoms with E-state index in [1.54, 1.807) is 11.5 Å². The number of amides is 1. The number of nitrogens with zero attached hydrogens (tertiary/aromatic N) is 1. The summed E-state index contributed by atoms with van der Waals surface area (Å²) >= 11 is 4.54. The Morgan fingerprint density at radius 3 is 2.41 bits per heavy atom. The SMILES string of the molecule is O=C(C=Cc1ccc(Br)cc1)Nc1ccc(S(=O)(=O)Nc2nccs2)cc1. The molecule has 3 rings (SSSR count). The first-order chi connectivity index (χ1) is 12.9. The Hall–Kier alpha value is -2.49. The quantitative estimate of drug-likeness (QED) is 0.531. The summed E-state index contributed by atoms with van der Waals surface area (Å²) in [7, 11) is -3.71. The Morgan fingerprint density at radius 1 is 1.07 bits per heavy atom. The van der Waals surface area contributed by atoms with Gasteiger partial charge in [0.15, 0.2) is 5.13 Å². The monoisotopic (exact) mass is 463 g/mol. The van der Waals surface area contributed by atoms with Crippen LogP contribution in [0.4, 0.5) is 10.8 Å². The Kier molecular flexibility index (Phi) is 6.04. The third-order valence-corrected chi connectivity index (χ3v) is 6.08. The number of sulfonamides is 1. The van der Waals surface area contributed by atoms with Gasteiger partial charge in [0.05, 0.1) is 4.90 Å². The van der Waals surface area contributed by atoms with Gasteiger partial charge in [-0.25, -0.2) is 13.4 Å². The van der Waals surface area contributed by atoms with Gasteiger partial charge in [-0.15, -0.1) is 11.3 Å². The van der Waals surface area contributed by atoms with E-state index in [1.165, 1.54) is 47.9 Å². The number of halogens is 1. The summed E-state index contributed by atoms with van der Waals surface area (Å²) in [6.45, 7) is 0. The lowest BCUT2D eigenvalue weighted by molar-refractivity contribution is -0.111. The zero-order chi connectivity index (χ0) is 19.3. The molecule has 0 saturated carbocycles. The summed E-state index contributed by atoms with van der Waals surface area (Å²) in [5.41, 5.74) is 1.39. The van der Waals surface area contributed by atoms with E-state index in [0.717, 1.165) is 10.0 Å². The number of hydrogen-bond acceptors (Lipinski definition) is 5. The highest BCUT2D eigenvalue weighted by Gasteiger charge is 2.15. The van der Waals surface area contributed by atoms with Crippen molar-refractivity contribution in [2.24, 2.45) is 0 Å². The molecule has 1 amide bonds. The minimum Gasteiger partial charge on any atom is -0.323 e. The fraction of sp³-hybridized carbons (Fsp3) is 0. The molecule has 2 N–H and O–H groups in total. The largest absolute Gasteiger partial charge is 0.323 e. The molecule has 0 atom stereocenters. The highest BCUT2D eigenvalue weighted by molar-refractivity contribution is 9.10. The van der Waals surface area contributed by atoms with Gasteiger partial charge in [0.2, 0.25) is 5.91 Å². The van der Waals surface area contributed by atoms with Crippen LogP contribution in [-0.4, -0.2) is 19.3 Å². The second-order valence-electron chi connectivity index (χ2n) is 5.34. The molecule has 0 spiro atoms. The van der Waals surface area contributed by atoms with E-state index in [0.29, 0.717) is 10.8 Å². The first-order valence-electron chi connectivity index (χ1n) is 7.69. The van der Waals surface area contributed by atoms with Crippen LogP contribution in [0.2, 0.25) is 0 Å². The molecule has 138 valence electrons. The Balaban J connectivity index is 1.63. The van der Waals surface area contributed by atoms with Crippen LogP contribution in [0.5, 0.6) is 0 Å². The maximum absolute atomic E-state index is 12.3.